The summed E-state index contributed by atoms with van der Waals surface area (Å²) in [7, 11) is 3.15. The average Bonchev–Trinajstić information content (AvgIpc) is 2.80. The van der Waals surface area contributed by atoms with E-state index in [9.17, 15) is 13.6 Å². The number of halogens is 2. The first-order valence-corrected chi connectivity index (χ1v) is 9.84. The lowest BCUT2D eigenvalue weighted by atomic mass is 9.88. The van der Waals surface area contributed by atoms with Gasteiger partial charge in [0.2, 0.25) is 0 Å². The van der Waals surface area contributed by atoms with Crippen LogP contribution in [0.3, 0.4) is 0 Å². The number of ether oxygens (including phenoxy) is 2. The molecule has 1 aliphatic heterocycles. The fourth-order valence-corrected chi connectivity index (χ4v) is 3.93. The Labute approximate surface area is 179 Å². The number of carbonyl (C=O) groups is 1. The van der Waals surface area contributed by atoms with Gasteiger partial charge in [-0.15, -0.1) is 0 Å². The molecular formula is C24H22F2N2O3. The van der Waals surface area contributed by atoms with Gasteiger partial charge in [0.1, 0.15) is 0 Å². The molecule has 4 rings (SSSR count). The first-order valence-electron chi connectivity index (χ1n) is 9.84. The summed E-state index contributed by atoms with van der Waals surface area (Å²) in [6.07, 6.45) is 0.615. The molecule has 160 valence electrons. The van der Waals surface area contributed by atoms with Crippen molar-refractivity contribution in [3.05, 3.63) is 89.0 Å². The van der Waals surface area contributed by atoms with Crippen molar-refractivity contribution in [3.63, 3.8) is 0 Å². The van der Waals surface area contributed by atoms with Gasteiger partial charge in [-0.3, -0.25) is 0 Å². The minimum absolute atomic E-state index is 0.189. The number of amides is 2. The maximum absolute atomic E-state index is 13.6. The number of nitrogens with one attached hydrogen (secondary N) is 1. The lowest BCUT2D eigenvalue weighted by molar-refractivity contribution is 0.193. The van der Waals surface area contributed by atoms with E-state index in [1.807, 2.05) is 42.5 Å². The van der Waals surface area contributed by atoms with Crippen LogP contribution in [0.2, 0.25) is 0 Å². The normalized spacial score (nSPS) is 15.2. The van der Waals surface area contributed by atoms with Gasteiger partial charge < -0.3 is 19.7 Å². The van der Waals surface area contributed by atoms with Crippen molar-refractivity contribution in [1.29, 1.82) is 0 Å². The average molecular weight is 424 g/mol. The second kappa shape index (κ2) is 8.63. The number of hydrogen-bond acceptors (Lipinski definition) is 3. The predicted molar refractivity (Wildman–Crippen MR) is 114 cm³/mol. The molecule has 1 aliphatic rings. The molecule has 0 spiro atoms. The first-order chi connectivity index (χ1) is 15.0. The summed E-state index contributed by atoms with van der Waals surface area (Å²) in [6, 6.07) is 16.0. The molecule has 1 N–H and O–H groups in total. The van der Waals surface area contributed by atoms with Crippen LogP contribution in [-0.4, -0.2) is 31.7 Å². The summed E-state index contributed by atoms with van der Waals surface area (Å²) in [4.78, 5) is 14.9. The van der Waals surface area contributed by atoms with Crippen LogP contribution < -0.4 is 14.8 Å². The van der Waals surface area contributed by atoms with Crippen molar-refractivity contribution >= 4 is 11.7 Å². The lowest BCUT2D eigenvalue weighted by Gasteiger charge is -2.38. The highest BCUT2D eigenvalue weighted by atomic mass is 19.2. The van der Waals surface area contributed by atoms with E-state index >= 15 is 0 Å². The minimum atomic E-state index is -1.02. The first kappa shape index (κ1) is 20.7. The molecule has 0 saturated heterocycles. The molecule has 0 fully saturated rings. The molecule has 31 heavy (non-hydrogen) atoms. The predicted octanol–water partition coefficient (Wildman–Crippen LogP) is 5.16. The highest BCUT2D eigenvalue weighted by Crippen LogP contribution is 2.41. The van der Waals surface area contributed by atoms with Crippen molar-refractivity contribution in [2.24, 2.45) is 0 Å². The third-order valence-electron chi connectivity index (χ3n) is 5.42. The van der Waals surface area contributed by atoms with Gasteiger partial charge >= 0.3 is 6.03 Å². The summed E-state index contributed by atoms with van der Waals surface area (Å²) in [6.45, 7) is 0.442. The molecule has 3 aromatic rings. The van der Waals surface area contributed by atoms with Gasteiger partial charge in [0.15, 0.2) is 23.1 Å². The maximum Gasteiger partial charge on any atom is 0.322 e. The molecule has 1 heterocycles. The van der Waals surface area contributed by atoms with Gasteiger partial charge in [0.25, 0.3) is 0 Å². The second-order valence-electron chi connectivity index (χ2n) is 7.22. The molecule has 2 amide bonds. The summed E-state index contributed by atoms with van der Waals surface area (Å²) in [5.41, 5.74) is 3.10. The van der Waals surface area contributed by atoms with E-state index < -0.39 is 17.7 Å². The van der Waals surface area contributed by atoms with E-state index in [4.69, 9.17) is 9.47 Å². The van der Waals surface area contributed by atoms with Gasteiger partial charge in [0, 0.05) is 18.3 Å². The van der Waals surface area contributed by atoms with Crippen molar-refractivity contribution in [1.82, 2.24) is 4.90 Å². The zero-order valence-electron chi connectivity index (χ0n) is 17.2. The third kappa shape index (κ3) is 4.03. The summed E-state index contributed by atoms with van der Waals surface area (Å²) < 4.78 is 37.8. The third-order valence-corrected chi connectivity index (χ3v) is 5.42. The van der Waals surface area contributed by atoms with Gasteiger partial charge in [-0.2, -0.15) is 0 Å². The number of benzene rings is 3. The molecule has 0 aliphatic carbocycles. The monoisotopic (exact) mass is 424 g/mol. The summed E-state index contributed by atoms with van der Waals surface area (Å²) in [5.74, 6) is -0.774. The van der Waals surface area contributed by atoms with Crippen LogP contribution in [-0.2, 0) is 6.42 Å². The molecule has 0 saturated carbocycles. The van der Waals surface area contributed by atoms with Crippen LogP contribution in [0.5, 0.6) is 11.5 Å². The Kier molecular flexibility index (Phi) is 5.75. The zero-order valence-corrected chi connectivity index (χ0v) is 17.2. The lowest BCUT2D eigenvalue weighted by Crippen LogP contribution is -2.43. The molecule has 3 aromatic carbocycles. The Morgan fingerprint density at radius 3 is 2.35 bits per heavy atom. The second-order valence-corrected chi connectivity index (χ2v) is 7.22. The van der Waals surface area contributed by atoms with Crippen LogP contribution >= 0.6 is 0 Å². The molecule has 7 heteroatoms. The zero-order chi connectivity index (χ0) is 22.0. The van der Waals surface area contributed by atoms with Gasteiger partial charge in [-0.1, -0.05) is 30.3 Å². The molecule has 0 aromatic heterocycles. The van der Waals surface area contributed by atoms with Crippen molar-refractivity contribution in [3.8, 4) is 11.5 Å². The fourth-order valence-electron chi connectivity index (χ4n) is 3.93. The number of urea groups is 1. The van der Waals surface area contributed by atoms with E-state index in [-0.39, 0.29) is 11.7 Å². The summed E-state index contributed by atoms with van der Waals surface area (Å²) >= 11 is 0. The minimum Gasteiger partial charge on any atom is -0.493 e. The van der Waals surface area contributed by atoms with E-state index in [2.05, 4.69) is 5.32 Å². The molecule has 5 nitrogen and oxygen atoms in total. The highest BCUT2D eigenvalue weighted by molar-refractivity contribution is 5.90. The number of carbonyl (C=O) groups excluding carboxylic acids is 1. The maximum atomic E-state index is 13.6. The Balaban J connectivity index is 1.74. The number of fused-ring (bicyclic) bond motifs is 1. The molecule has 0 radical (unpaired) electrons. The molecule has 0 bridgehead atoms. The van der Waals surface area contributed by atoms with Gasteiger partial charge in [-0.25, -0.2) is 13.6 Å². The SMILES string of the molecule is COc1cc2c(cc1OC)[C@H](c1ccccc1)N(C(=O)Nc1ccc(F)c(F)c1)CC2. The molecular weight excluding hydrogens is 402 g/mol. The Morgan fingerprint density at radius 1 is 0.968 bits per heavy atom. The van der Waals surface area contributed by atoms with E-state index in [1.165, 1.54) is 6.07 Å². The van der Waals surface area contributed by atoms with E-state index in [0.717, 1.165) is 28.8 Å². The van der Waals surface area contributed by atoms with E-state index in [0.29, 0.717) is 24.5 Å². The summed E-state index contributed by atoms with van der Waals surface area (Å²) in [5, 5.41) is 2.69. The number of anilines is 1. The topological polar surface area (TPSA) is 50.8 Å². The Bertz CT molecular complexity index is 1110. The smallest absolute Gasteiger partial charge is 0.322 e. The largest absolute Gasteiger partial charge is 0.493 e. The van der Waals surface area contributed by atoms with E-state index in [1.54, 1.807) is 19.1 Å². The van der Waals surface area contributed by atoms with Crippen LogP contribution in [0.15, 0.2) is 60.7 Å². The standard InChI is InChI=1S/C24H22F2N2O3/c1-30-21-12-16-10-11-28(24(29)27-17-8-9-19(25)20(26)13-17)23(15-6-4-3-5-7-15)18(16)14-22(21)31-2/h3-9,12-14,23H,10-11H2,1-2H3,(H,27,29)/t23-/m0/s1. The number of nitrogens with zero attached hydrogens (tertiary/aromatic N) is 1. The van der Waals surface area contributed by atoms with Crippen LogP contribution in [0, 0.1) is 11.6 Å². The Hall–Kier alpha value is -3.61. The Morgan fingerprint density at radius 2 is 1.68 bits per heavy atom. The van der Waals surface area contributed by atoms with Gasteiger partial charge in [-0.05, 0) is 47.4 Å². The number of rotatable bonds is 4. The van der Waals surface area contributed by atoms with Crippen LogP contribution in [0.1, 0.15) is 22.7 Å². The fraction of sp³-hybridized carbons (Fsp3) is 0.208. The van der Waals surface area contributed by atoms with Crippen LogP contribution in [0.25, 0.3) is 0 Å². The highest BCUT2D eigenvalue weighted by Gasteiger charge is 2.33. The van der Waals surface area contributed by atoms with Gasteiger partial charge in [0.05, 0.1) is 20.3 Å². The number of hydrogen-bond donors (Lipinski definition) is 1. The van der Waals surface area contributed by atoms with Crippen molar-refractivity contribution < 1.29 is 23.0 Å². The van der Waals surface area contributed by atoms with Crippen molar-refractivity contribution in [2.45, 2.75) is 12.5 Å². The van der Waals surface area contributed by atoms with Crippen molar-refractivity contribution in [2.75, 3.05) is 26.1 Å². The molecule has 1 atom stereocenters. The van der Waals surface area contributed by atoms with Crippen LogP contribution in [0.4, 0.5) is 19.3 Å². The number of methoxy groups -OCH3 is 2. The molecule has 0 unspecified atom stereocenters. The quantitative estimate of drug-likeness (QED) is 0.629.